The third-order valence-corrected chi connectivity index (χ3v) is 11.2. The average molecular weight is 652 g/mol. The minimum absolute atomic E-state index is 0.0130. The van der Waals surface area contributed by atoms with Crippen LogP contribution in [0, 0.1) is 11.8 Å². The van der Waals surface area contributed by atoms with Crippen molar-refractivity contribution in [1.29, 1.82) is 0 Å². The molecule has 4 aliphatic heterocycles. The third-order valence-electron chi connectivity index (χ3n) is 10.9. The molecule has 46 heavy (non-hydrogen) atoms. The summed E-state index contributed by atoms with van der Waals surface area (Å²) in [7, 11) is 2.19. The van der Waals surface area contributed by atoms with Crippen molar-refractivity contribution in [2.24, 2.45) is 11.8 Å². The molecule has 0 radical (unpaired) electrons. The number of phenolic OH excluding ortho intramolecular Hbond substituents is 1. The van der Waals surface area contributed by atoms with Gasteiger partial charge < -0.3 is 29.8 Å². The van der Waals surface area contributed by atoms with Crippen molar-refractivity contribution in [3.05, 3.63) is 58.6 Å². The van der Waals surface area contributed by atoms with Crippen LogP contribution in [-0.2, 0) is 22.6 Å². The zero-order chi connectivity index (χ0) is 32.3. The minimum atomic E-state index is -0.911. The molecule has 0 spiro atoms. The number of carbonyl (C=O) groups is 3. The lowest BCUT2D eigenvalue weighted by Gasteiger charge is -2.57. The van der Waals surface area contributed by atoms with Gasteiger partial charge in [-0.1, -0.05) is 35.9 Å². The monoisotopic (exact) mass is 651 g/mol. The Morgan fingerprint density at radius 2 is 1.74 bits per heavy atom. The topological polar surface area (TPSA) is 106 Å². The number of hydrogen-bond acceptors (Lipinski definition) is 7. The Hall–Kier alpha value is -3.34. The highest BCUT2D eigenvalue weighted by atomic mass is 35.5. The Morgan fingerprint density at radius 3 is 2.46 bits per heavy atom. The van der Waals surface area contributed by atoms with Gasteiger partial charge in [-0.05, 0) is 99.8 Å². The predicted octanol–water partition coefficient (Wildman–Crippen LogP) is 5.58. The lowest BCUT2D eigenvalue weighted by atomic mass is 9.77. The highest BCUT2D eigenvalue weighted by molar-refractivity contribution is 6.32. The molecule has 3 saturated heterocycles. The van der Waals surface area contributed by atoms with E-state index >= 15 is 0 Å². The molecule has 6 rings (SSSR count). The molecule has 4 aliphatic rings. The number of carbonyl (C=O) groups excluding carboxylic acids is 3. The first kappa shape index (κ1) is 32.6. The molecule has 0 aliphatic carbocycles. The first-order valence-corrected chi connectivity index (χ1v) is 17.1. The van der Waals surface area contributed by atoms with Crippen LogP contribution in [0.3, 0.4) is 0 Å². The van der Waals surface area contributed by atoms with E-state index in [4.69, 9.17) is 16.3 Å². The van der Waals surface area contributed by atoms with Crippen molar-refractivity contribution < 1.29 is 24.2 Å². The van der Waals surface area contributed by atoms with Crippen LogP contribution < -0.4 is 5.32 Å². The summed E-state index contributed by atoms with van der Waals surface area (Å²) in [4.78, 5) is 48.4. The number of anilines is 1. The summed E-state index contributed by atoms with van der Waals surface area (Å²) < 4.78 is 5.85. The molecule has 0 saturated carbocycles. The van der Waals surface area contributed by atoms with Gasteiger partial charge in [0.05, 0.1) is 5.02 Å². The number of nitrogens with zero attached hydrogens (tertiary/aromatic N) is 4. The smallest absolute Gasteiger partial charge is 0.411 e. The van der Waals surface area contributed by atoms with Gasteiger partial charge in [-0.25, -0.2) is 9.59 Å². The van der Waals surface area contributed by atoms with Gasteiger partial charge in [-0.15, -0.1) is 0 Å². The second-order valence-corrected chi connectivity index (χ2v) is 13.9. The average Bonchev–Trinajstić information content (AvgIpc) is 3.23. The van der Waals surface area contributed by atoms with Crippen LogP contribution in [0.5, 0.6) is 5.75 Å². The van der Waals surface area contributed by atoms with Gasteiger partial charge >= 0.3 is 12.1 Å². The van der Waals surface area contributed by atoms with Gasteiger partial charge in [0.15, 0.2) is 0 Å². The minimum Gasteiger partial charge on any atom is -0.506 e. The van der Waals surface area contributed by atoms with Crippen LogP contribution in [0.1, 0.15) is 56.1 Å². The van der Waals surface area contributed by atoms with Crippen molar-refractivity contribution in [2.45, 2.75) is 69.7 Å². The van der Waals surface area contributed by atoms with Crippen molar-refractivity contribution in [3.8, 4) is 5.75 Å². The summed E-state index contributed by atoms with van der Waals surface area (Å²) in [6, 6.07) is 12.3. The normalized spacial score (nSPS) is 25.4. The summed E-state index contributed by atoms with van der Waals surface area (Å²) in [5.41, 5.74) is 1.68. The number of nitrogens with one attached hydrogen (secondary N) is 1. The quantitative estimate of drug-likeness (QED) is 0.377. The lowest BCUT2D eigenvalue weighted by Crippen LogP contribution is -2.69. The highest BCUT2D eigenvalue weighted by Gasteiger charge is 2.52. The molecule has 0 unspecified atom stereocenters. The van der Waals surface area contributed by atoms with E-state index in [1.807, 2.05) is 29.2 Å². The van der Waals surface area contributed by atoms with Crippen molar-refractivity contribution in [1.82, 2.24) is 19.6 Å². The van der Waals surface area contributed by atoms with Gasteiger partial charge in [-0.3, -0.25) is 9.80 Å². The first-order chi connectivity index (χ1) is 22.3. The van der Waals surface area contributed by atoms with E-state index in [-0.39, 0.29) is 35.9 Å². The van der Waals surface area contributed by atoms with Crippen LogP contribution in [0.2, 0.25) is 5.02 Å². The number of ether oxygens (including phenoxy) is 1. The molecular weight excluding hydrogens is 606 g/mol. The summed E-state index contributed by atoms with van der Waals surface area (Å²) in [6.07, 6.45) is 6.82. The molecule has 2 aromatic rings. The molecule has 248 valence electrons. The Morgan fingerprint density at radius 1 is 1.02 bits per heavy atom. The molecule has 10 nitrogen and oxygen atoms in total. The molecule has 2 atom stereocenters. The summed E-state index contributed by atoms with van der Waals surface area (Å²) >= 11 is 6.10. The molecule has 0 bridgehead atoms. The van der Waals surface area contributed by atoms with Crippen LogP contribution in [-0.4, -0.2) is 101 Å². The molecule has 11 heteroatoms. The van der Waals surface area contributed by atoms with Gasteiger partial charge in [0.1, 0.15) is 24.3 Å². The highest BCUT2D eigenvalue weighted by Crippen LogP contribution is 2.42. The third kappa shape index (κ3) is 6.85. The number of phenols is 1. The molecule has 2 N–H and O–H groups in total. The number of likely N-dealkylation sites (tertiary alicyclic amines) is 3. The molecule has 3 fully saturated rings. The fourth-order valence-corrected chi connectivity index (χ4v) is 8.45. The summed E-state index contributed by atoms with van der Waals surface area (Å²) in [6.45, 7) is 4.75. The summed E-state index contributed by atoms with van der Waals surface area (Å²) in [5.74, 6) is 1.31. The Bertz CT molecular complexity index is 1410. The number of amides is 3. The van der Waals surface area contributed by atoms with E-state index in [1.165, 1.54) is 18.9 Å². The maximum Gasteiger partial charge on any atom is 0.411 e. The van der Waals surface area contributed by atoms with Crippen molar-refractivity contribution in [2.75, 3.05) is 51.6 Å². The molecular formula is C35H46ClN5O5. The number of piperidine rings is 3. The number of urea groups is 1. The van der Waals surface area contributed by atoms with Crippen LogP contribution in [0.15, 0.2) is 42.5 Å². The number of rotatable bonds is 7. The maximum absolute atomic E-state index is 13.9. The van der Waals surface area contributed by atoms with Crippen LogP contribution in [0.25, 0.3) is 0 Å². The number of aromatic hydroxyl groups is 1. The van der Waals surface area contributed by atoms with E-state index in [1.54, 1.807) is 17.0 Å². The van der Waals surface area contributed by atoms with Crippen molar-refractivity contribution >= 4 is 35.7 Å². The van der Waals surface area contributed by atoms with E-state index in [9.17, 15) is 19.5 Å². The zero-order valence-electron chi connectivity index (χ0n) is 26.7. The van der Waals surface area contributed by atoms with E-state index in [0.29, 0.717) is 43.3 Å². The number of fused-ring (bicyclic) bond motifs is 1. The molecule has 2 aromatic carbocycles. The number of aldehydes is 1. The molecule has 4 heterocycles. The zero-order valence-corrected chi connectivity index (χ0v) is 27.5. The van der Waals surface area contributed by atoms with Gasteiger partial charge in [0.25, 0.3) is 0 Å². The van der Waals surface area contributed by atoms with E-state index in [0.717, 1.165) is 63.0 Å². The molecule has 3 amide bonds. The Balaban J connectivity index is 1.23. The SMILES string of the molecule is CN1CCC(C2CCN([C@]3(CC=O)C[C@H](N4CCc5ccccc5NC4=O)CCN3C(=O)OCc3ccc(O)c(Cl)c3)CC2)CC1. The summed E-state index contributed by atoms with van der Waals surface area (Å²) in [5, 5.41) is 13.1. The second kappa shape index (κ2) is 14.2. The molecule has 0 aromatic heterocycles. The Labute approximate surface area is 276 Å². The Kier molecular flexibility index (Phi) is 10.1. The lowest BCUT2D eigenvalue weighted by molar-refractivity contribution is -0.129. The number of benzene rings is 2. The van der Waals surface area contributed by atoms with Crippen LogP contribution in [0.4, 0.5) is 15.3 Å². The second-order valence-electron chi connectivity index (χ2n) is 13.5. The number of halogens is 1. The van der Waals surface area contributed by atoms with Gasteiger partial charge in [0.2, 0.25) is 0 Å². The van der Waals surface area contributed by atoms with Gasteiger partial charge in [0, 0.05) is 50.7 Å². The fourth-order valence-electron chi connectivity index (χ4n) is 8.25. The number of hydrogen-bond donors (Lipinski definition) is 2. The van der Waals surface area contributed by atoms with E-state index < -0.39 is 11.8 Å². The van der Waals surface area contributed by atoms with Crippen LogP contribution >= 0.6 is 11.6 Å². The largest absolute Gasteiger partial charge is 0.506 e. The van der Waals surface area contributed by atoms with E-state index in [2.05, 4.69) is 22.2 Å². The number of para-hydroxylation sites is 1. The fraction of sp³-hybridized carbons (Fsp3) is 0.571. The van der Waals surface area contributed by atoms with Crippen molar-refractivity contribution in [3.63, 3.8) is 0 Å². The first-order valence-electron chi connectivity index (χ1n) is 16.7. The van der Waals surface area contributed by atoms with Gasteiger partial charge in [-0.2, -0.15) is 0 Å². The predicted molar refractivity (Wildman–Crippen MR) is 177 cm³/mol. The maximum atomic E-state index is 13.9. The standard InChI is InChI=1S/C35H46ClN5O5/c1-38-15-8-26(9-16-38)27-10-17-39(18-11-27)35(14-21-42)23-29(40-19-12-28-4-2-3-5-31(28)37-33(40)44)13-20-41(35)34(45)46-24-25-6-7-32(43)30(36)22-25/h2-7,21-22,26-27,29,43H,8-20,23-24H2,1H3,(H,37,44)/t29-,35+/m1/s1.